The molecule has 0 aliphatic heterocycles. The third-order valence-electron chi connectivity index (χ3n) is 4.53. The van der Waals surface area contributed by atoms with Crippen molar-refractivity contribution >= 4 is 38.7 Å². The van der Waals surface area contributed by atoms with Crippen molar-refractivity contribution < 1.29 is 12.8 Å². The predicted molar refractivity (Wildman–Crippen MR) is 125 cm³/mol. The number of hydrogen-bond donors (Lipinski definition) is 1. The van der Waals surface area contributed by atoms with Crippen molar-refractivity contribution in [1.82, 2.24) is 4.98 Å². The summed E-state index contributed by atoms with van der Waals surface area (Å²) in [4.78, 5) is 8.71. The van der Waals surface area contributed by atoms with Gasteiger partial charge in [0.05, 0.1) is 28.2 Å². The Morgan fingerprint density at radius 1 is 0.875 bits per heavy atom. The van der Waals surface area contributed by atoms with Crippen molar-refractivity contribution in [2.75, 3.05) is 4.72 Å². The Bertz CT molecular complexity index is 1320. The second-order valence-electron chi connectivity index (χ2n) is 6.78. The van der Waals surface area contributed by atoms with Gasteiger partial charge in [-0.25, -0.2) is 22.8 Å². The molecule has 0 fully saturated rings. The van der Waals surface area contributed by atoms with Crippen LogP contribution >= 0.6 is 11.6 Å². The van der Waals surface area contributed by atoms with Crippen LogP contribution in [-0.4, -0.2) is 19.1 Å². The molecule has 4 rings (SSSR count). The van der Waals surface area contributed by atoms with Gasteiger partial charge in [-0.2, -0.15) is 0 Å². The summed E-state index contributed by atoms with van der Waals surface area (Å²) in [5.74, 6) is -0.533. The normalized spacial score (nSPS) is 11.1. The van der Waals surface area contributed by atoms with E-state index in [1.807, 2.05) is 60.7 Å². The fourth-order valence-corrected chi connectivity index (χ4v) is 4.27. The molecule has 0 spiro atoms. The van der Waals surface area contributed by atoms with Crippen LogP contribution in [-0.2, 0) is 10.0 Å². The average molecular weight is 466 g/mol. The highest BCUT2D eigenvalue weighted by Gasteiger charge is 2.17. The van der Waals surface area contributed by atoms with Crippen molar-refractivity contribution in [3.05, 3.63) is 119 Å². The Morgan fingerprint density at radius 3 is 2.00 bits per heavy atom. The van der Waals surface area contributed by atoms with Crippen LogP contribution in [0.1, 0.15) is 11.1 Å². The number of sulfonamides is 1. The first kappa shape index (κ1) is 21.7. The van der Waals surface area contributed by atoms with Crippen molar-refractivity contribution in [3.8, 4) is 0 Å². The van der Waals surface area contributed by atoms with E-state index >= 15 is 0 Å². The van der Waals surface area contributed by atoms with Gasteiger partial charge in [0.15, 0.2) is 5.15 Å². The summed E-state index contributed by atoms with van der Waals surface area (Å²) in [6, 6.07) is 25.2. The smallest absolute Gasteiger partial charge is 0.261 e. The highest BCUT2D eigenvalue weighted by atomic mass is 35.5. The molecule has 32 heavy (non-hydrogen) atoms. The largest absolute Gasteiger partial charge is 0.276 e. The van der Waals surface area contributed by atoms with Crippen LogP contribution in [0, 0.1) is 5.82 Å². The first-order valence-corrected chi connectivity index (χ1v) is 11.4. The molecule has 1 aromatic heterocycles. The zero-order chi connectivity index (χ0) is 22.6. The van der Waals surface area contributed by atoms with E-state index in [0.717, 1.165) is 23.3 Å². The molecule has 0 unspecified atom stereocenters. The van der Waals surface area contributed by atoms with Gasteiger partial charge in [-0.05, 0) is 30.3 Å². The summed E-state index contributed by atoms with van der Waals surface area (Å²) in [6.45, 7) is 0. The maximum Gasteiger partial charge on any atom is 0.261 e. The lowest BCUT2D eigenvalue weighted by molar-refractivity contribution is 0.599. The summed E-state index contributed by atoms with van der Waals surface area (Å²) in [6.07, 6.45) is 1.46. The van der Waals surface area contributed by atoms with Crippen LogP contribution in [0.3, 0.4) is 0 Å². The number of rotatable bonds is 6. The van der Waals surface area contributed by atoms with Gasteiger partial charge >= 0.3 is 0 Å². The summed E-state index contributed by atoms with van der Waals surface area (Å²) < 4.78 is 40.9. The van der Waals surface area contributed by atoms with E-state index in [2.05, 4.69) is 9.71 Å². The molecule has 0 aliphatic carbocycles. The molecule has 5 nitrogen and oxygen atoms in total. The zero-order valence-corrected chi connectivity index (χ0v) is 18.2. The number of aliphatic imine (C=N–C) groups is 1. The number of aromatic nitrogens is 1. The Labute approximate surface area is 190 Å². The van der Waals surface area contributed by atoms with E-state index in [1.54, 1.807) is 0 Å². The molecule has 0 aliphatic rings. The number of pyridine rings is 1. The van der Waals surface area contributed by atoms with E-state index in [-0.39, 0.29) is 15.7 Å². The molecule has 3 aromatic carbocycles. The van der Waals surface area contributed by atoms with Gasteiger partial charge in [-0.3, -0.25) is 4.72 Å². The topological polar surface area (TPSA) is 71.4 Å². The van der Waals surface area contributed by atoms with Crippen LogP contribution in [0.2, 0.25) is 5.15 Å². The van der Waals surface area contributed by atoms with Crippen molar-refractivity contribution in [2.24, 2.45) is 4.99 Å². The second-order valence-corrected chi connectivity index (χ2v) is 8.82. The Morgan fingerprint density at radius 2 is 1.44 bits per heavy atom. The summed E-state index contributed by atoms with van der Waals surface area (Å²) >= 11 is 6.14. The molecular weight excluding hydrogens is 449 g/mol. The van der Waals surface area contributed by atoms with Crippen LogP contribution < -0.4 is 4.72 Å². The van der Waals surface area contributed by atoms with Crippen LogP contribution in [0.4, 0.5) is 15.8 Å². The van der Waals surface area contributed by atoms with Gasteiger partial charge < -0.3 is 0 Å². The fourth-order valence-electron chi connectivity index (χ4n) is 3.00. The molecule has 0 saturated heterocycles. The first-order chi connectivity index (χ1) is 15.4. The maximum absolute atomic E-state index is 13.2. The van der Waals surface area contributed by atoms with E-state index < -0.39 is 15.8 Å². The minimum absolute atomic E-state index is 0.0318. The minimum Gasteiger partial charge on any atom is -0.276 e. The third-order valence-corrected chi connectivity index (χ3v) is 6.21. The highest BCUT2D eigenvalue weighted by molar-refractivity contribution is 7.92. The van der Waals surface area contributed by atoms with Crippen LogP contribution in [0.25, 0.3) is 0 Å². The highest BCUT2D eigenvalue weighted by Crippen LogP contribution is 2.28. The molecule has 0 radical (unpaired) electrons. The number of nitrogens with zero attached hydrogens (tertiary/aromatic N) is 2. The Hall–Kier alpha value is -3.55. The van der Waals surface area contributed by atoms with E-state index in [4.69, 9.17) is 16.6 Å². The molecule has 0 saturated carbocycles. The molecule has 1 heterocycles. The average Bonchev–Trinajstić information content (AvgIpc) is 2.81. The van der Waals surface area contributed by atoms with Gasteiger partial charge in [0.2, 0.25) is 0 Å². The molecule has 0 amide bonds. The van der Waals surface area contributed by atoms with E-state index in [1.165, 1.54) is 24.4 Å². The second kappa shape index (κ2) is 9.30. The first-order valence-electron chi connectivity index (χ1n) is 9.56. The quantitative estimate of drug-likeness (QED) is 0.287. The summed E-state index contributed by atoms with van der Waals surface area (Å²) in [5.41, 5.74) is 2.96. The van der Waals surface area contributed by atoms with Gasteiger partial charge in [-0.15, -0.1) is 0 Å². The number of anilines is 1. The summed E-state index contributed by atoms with van der Waals surface area (Å²) in [7, 11) is -3.99. The molecule has 8 heteroatoms. The van der Waals surface area contributed by atoms with Gasteiger partial charge in [-0.1, -0.05) is 72.3 Å². The Kier molecular flexibility index (Phi) is 6.30. The molecule has 0 atom stereocenters. The summed E-state index contributed by atoms with van der Waals surface area (Å²) in [5, 5.41) is -0.0318. The number of hydrogen-bond acceptors (Lipinski definition) is 4. The monoisotopic (exact) mass is 465 g/mol. The van der Waals surface area contributed by atoms with Crippen molar-refractivity contribution in [2.45, 2.75) is 4.90 Å². The number of halogens is 2. The molecular formula is C24H17ClFN3O2S. The SMILES string of the molecule is O=S(=O)(Nc1cc(N=C(c2ccccc2)c2ccccc2)cnc1Cl)c1ccc(F)cc1. The van der Waals surface area contributed by atoms with Gasteiger partial charge in [0, 0.05) is 11.1 Å². The molecule has 0 bridgehead atoms. The van der Waals surface area contributed by atoms with E-state index in [0.29, 0.717) is 11.4 Å². The molecule has 4 aromatic rings. The third kappa shape index (κ3) is 5.01. The van der Waals surface area contributed by atoms with E-state index in [9.17, 15) is 12.8 Å². The minimum atomic E-state index is -3.99. The molecule has 1 N–H and O–H groups in total. The predicted octanol–water partition coefficient (Wildman–Crippen LogP) is 5.84. The van der Waals surface area contributed by atoms with Crippen LogP contribution in [0.5, 0.6) is 0 Å². The number of benzene rings is 3. The zero-order valence-electron chi connectivity index (χ0n) is 16.6. The van der Waals surface area contributed by atoms with Crippen LogP contribution in [0.15, 0.2) is 107 Å². The van der Waals surface area contributed by atoms with Gasteiger partial charge in [0.1, 0.15) is 5.82 Å². The lowest BCUT2D eigenvalue weighted by Gasteiger charge is -2.11. The standard InChI is InChI=1S/C24H17ClFN3O2S/c25-24-22(29-32(30,31)21-13-11-19(26)12-14-21)15-20(16-27-24)28-23(17-7-3-1-4-8-17)18-9-5-2-6-10-18/h1-16,29H. The Balaban J connectivity index is 1.74. The molecule has 160 valence electrons. The van der Waals surface area contributed by atoms with Crippen molar-refractivity contribution in [1.29, 1.82) is 0 Å². The number of nitrogens with one attached hydrogen (secondary N) is 1. The van der Waals surface area contributed by atoms with Crippen molar-refractivity contribution in [3.63, 3.8) is 0 Å². The lowest BCUT2D eigenvalue weighted by atomic mass is 10.0. The van der Waals surface area contributed by atoms with Gasteiger partial charge in [0.25, 0.3) is 10.0 Å². The lowest BCUT2D eigenvalue weighted by Crippen LogP contribution is -2.13. The maximum atomic E-state index is 13.2. The fraction of sp³-hybridized carbons (Fsp3) is 0.